The molecule has 7 heteroatoms. The molecule has 2 amide bonds. The molecular weight excluding hydrogens is 412 g/mol. The molecule has 0 aliphatic carbocycles. The van der Waals surface area contributed by atoms with E-state index in [0.29, 0.717) is 12.2 Å². The number of carboxylic acid groups (broad SMARTS) is 1. The molecule has 0 saturated heterocycles. The Morgan fingerprint density at radius 1 is 0.935 bits per heavy atom. The monoisotopic (exact) mass is 432 g/mol. The number of hydrogen-bond acceptors (Lipinski definition) is 4. The van der Waals surface area contributed by atoms with Gasteiger partial charge in [-0.15, -0.1) is 11.8 Å². The third kappa shape index (κ3) is 4.62. The van der Waals surface area contributed by atoms with Gasteiger partial charge in [0, 0.05) is 22.8 Å². The SMILES string of the molecule is O=C(O)c1ccccc1C(=O)Nc1cccc(SCC(=O)N2CCc3ccccc32)c1. The number of amides is 2. The van der Waals surface area contributed by atoms with Gasteiger partial charge in [0.25, 0.3) is 5.91 Å². The van der Waals surface area contributed by atoms with Gasteiger partial charge in [0.15, 0.2) is 0 Å². The lowest BCUT2D eigenvalue weighted by molar-refractivity contribution is -0.116. The van der Waals surface area contributed by atoms with Crippen molar-refractivity contribution in [3.05, 3.63) is 89.5 Å². The molecular formula is C24H20N2O4S. The normalized spacial score (nSPS) is 12.3. The van der Waals surface area contributed by atoms with Gasteiger partial charge in [-0.3, -0.25) is 9.59 Å². The first-order chi connectivity index (χ1) is 15.0. The summed E-state index contributed by atoms with van der Waals surface area (Å²) in [5, 5.41) is 12.0. The van der Waals surface area contributed by atoms with Crippen LogP contribution in [0.1, 0.15) is 26.3 Å². The number of carbonyl (C=O) groups excluding carboxylic acids is 2. The molecule has 0 spiro atoms. The molecule has 1 heterocycles. The fraction of sp³-hybridized carbons (Fsp3) is 0.125. The molecule has 0 bridgehead atoms. The highest BCUT2D eigenvalue weighted by Crippen LogP contribution is 2.29. The molecule has 3 aromatic rings. The molecule has 3 aromatic carbocycles. The van der Waals surface area contributed by atoms with E-state index < -0.39 is 11.9 Å². The fourth-order valence-corrected chi connectivity index (χ4v) is 4.38. The molecule has 0 radical (unpaired) electrons. The van der Waals surface area contributed by atoms with Gasteiger partial charge in [-0.2, -0.15) is 0 Å². The lowest BCUT2D eigenvalue weighted by atomic mass is 10.1. The lowest BCUT2D eigenvalue weighted by Crippen LogP contribution is -2.30. The van der Waals surface area contributed by atoms with E-state index in [2.05, 4.69) is 5.32 Å². The van der Waals surface area contributed by atoms with E-state index in [1.807, 2.05) is 35.2 Å². The second-order valence-electron chi connectivity index (χ2n) is 7.05. The number of para-hydroxylation sites is 1. The summed E-state index contributed by atoms with van der Waals surface area (Å²) in [5.74, 6) is -1.32. The number of hydrogen-bond donors (Lipinski definition) is 2. The largest absolute Gasteiger partial charge is 0.478 e. The Bertz CT molecular complexity index is 1160. The zero-order chi connectivity index (χ0) is 21.8. The van der Waals surface area contributed by atoms with Gasteiger partial charge in [-0.1, -0.05) is 36.4 Å². The minimum atomic E-state index is -1.16. The predicted octanol–water partition coefficient (Wildman–Crippen LogP) is 4.32. The van der Waals surface area contributed by atoms with Crippen LogP contribution < -0.4 is 10.2 Å². The molecule has 0 unspecified atom stereocenters. The van der Waals surface area contributed by atoms with Crippen molar-refractivity contribution in [3.63, 3.8) is 0 Å². The number of rotatable bonds is 6. The van der Waals surface area contributed by atoms with Gasteiger partial charge < -0.3 is 15.3 Å². The van der Waals surface area contributed by atoms with E-state index in [1.54, 1.807) is 30.3 Å². The number of aromatic carboxylic acids is 1. The molecule has 0 atom stereocenters. The van der Waals surface area contributed by atoms with Crippen LogP contribution in [0.3, 0.4) is 0 Å². The van der Waals surface area contributed by atoms with Gasteiger partial charge in [-0.25, -0.2) is 4.79 Å². The van der Waals surface area contributed by atoms with Crippen molar-refractivity contribution < 1.29 is 19.5 Å². The Balaban J connectivity index is 1.41. The van der Waals surface area contributed by atoms with Crippen LogP contribution in [0.4, 0.5) is 11.4 Å². The average Bonchev–Trinajstić information content (AvgIpc) is 3.22. The van der Waals surface area contributed by atoms with E-state index in [9.17, 15) is 19.5 Å². The van der Waals surface area contributed by atoms with Crippen molar-refractivity contribution in [2.45, 2.75) is 11.3 Å². The number of fused-ring (bicyclic) bond motifs is 1. The molecule has 0 aromatic heterocycles. The Labute approximate surface area is 183 Å². The van der Waals surface area contributed by atoms with Crippen molar-refractivity contribution in [1.29, 1.82) is 0 Å². The summed E-state index contributed by atoms with van der Waals surface area (Å²) >= 11 is 1.40. The minimum Gasteiger partial charge on any atom is -0.478 e. The number of thioether (sulfide) groups is 1. The van der Waals surface area contributed by atoms with Crippen LogP contribution >= 0.6 is 11.8 Å². The summed E-state index contributed by atoms with van der Waals surface area (Å²) in [4.78, 5) is 39.3. The first-order valence-corrected chi connectivity index (χ1v) is 10.8. The van der Waals surface area contributed by atoms with Crippen LogP contribution in [0.5, 0.6) is 0 Å². The molecule has 6 nitrogen and oxygen atoms in total. The molecule has 4 rings (SSSR count). The zero-order valence-electron chi connectivity index (χ0n) is 16.6. The van der Waals surface area contributed by atoms with Crippen LogP contribution in [0.15, 0.2) is 77.7 Å². The molecule has 1 aliphatic heterocycles. The van der Waals surface area contributed by atoms with Crippen LogP contribution in [0.2, 0.25) is 0 Å². The summed E-state index contributed by atoms with van der Waals surface area (Å²) in [6, 6.07) is 21.2. The number of carboxylic acids is 1. The quantitative estimate of drug-likeness (QED) is 0.567. The Morgan fingerprint density at radius 3 is 2.48 bits per heavy atom. The standard InChI is InChI=1S/C24H20N2O4S/c27-22(26-13-12-16-6-1-4-11-21(16)26)15-31-18-8-5-7-17(14-18)25-23(28)19-9-2-3-10-20(19)24(29)30/h1-11,14H,12-13,15H2,(H,25,28)(H,29,30). The first kappa shape index (κ1) is 20.7. The molecule has 0 fully saturated rings. The van der Waals surface area contributed by atoms with E-state index in [1.165, 1.54) is 29.5 Å². The smallest absolute Gasteiger partial charge is 0.336 e. The van der Waals surface area contributed by atoms with Crippen molar-refractivity contribution >= 4 is 40.9 Å². The molecule has 31 heavy (non-hydrogen) atoms. The highest BCUT2D eigenvalue weighted by Gasteiger charge is 2.24. The second kappa shape index (κ2) is 9.06. The molecule has 2 N–H and O–H groups in total. The number of carbonyl (C=O) groups is 3. The number of nitrogens with zero attached hydrogens (tertiary/aromatic N) is 1. The third-order valence-electron chi connectivity index (χ3n) is 5.04. The zero-order valence-corrected chi connectivity index (χ0v) is 17.4. The Kier molecular flexibility index (Phi) is 6.04. The van der Waals surface area contributed by atoms with Gasteiger partial charge in [0.05, 0.1) is 16.9 Å². The fourth-order valence-electron chi connectivity index (χ4n) is 3.55. The maximum absolute atomic E-state index is 12.7. The molecule has 0 saturated carbocycles. The van der Waals surface area contributed by atoms with Crippen LogP contribution in [0.25, 0.3) is 0 Å². The molecule has 1 aliphatic rings. The van der Waals surface area contributed by atoms with Gasteiger partial charge in [0.2, 0.25) is 5.91 Å². The summed E-state index contributed by atoms with van der Waals surface area (Å²) in [5.41, 5.74) is 2.74. The minimum absolute atomic E-state index is 0.0415. The Morgan fingerprint density at radius 2 is 1.68 bits per heavy atom. The lowest BCUT2D eigenvalue weighted by Gasteiger charge is -2.17. The van der Waals surface area contributed by atoms with Crippen molar-refractivity contribution in [3.8, 4) is 0 Å². The van der Waals surface area contributed by atoms with E-state index in [4.69, 9.17) is 0 Å². The second-order valence-corrected chi connectivity index (χ2v) is 8.09. The summed E-state index contributed by atoms with van der Waals surface area (Å²) in [7, 11) is 0. The van der Waals surface area contributed by atoms with E-state index >= 15 is 0 Å². The van der Waals surface area contributed by atoms with E-state index in [0.717, 1.165) is 17.0 Å². The van der Waals surface area contributed by atoms with Crippen molar-refractivity contribution in [1.82, 2.24) is 0 Å². The molecule has 156 valence electrons. The van der Waals surface area contributed by atoms with Crippen LogP contribution in [-0.4, -0.2) is 35.2 Å². The first-order valence-electron chi connectivity index (χ1n) is 9.78. The summed E-state index contributed by atoms with van der Waals surface area (Å²) < 4.78 is 0. The third-order valence-corrected chi connectivity index (χ3v) is 6.02. The average molecular weight is 433 g/mol. The maximum atomic E-state index is 12.7. The predicted molar refractivity (Wildman–Crippen MR) is 121 cm³/mol. The summed E-state index contributed by atoms with van der Waals surface area (Å²) in [6.45, 7) is 0.692. The number of nitrogens with one attached hydrogen (secondary N) is 1. The number of anilines is 2. The Hall–Kier alpha value is -3.58. The highest BCUT2D eigenvalue weighted by molar-refractivity contribution is 8.00. The van der Waals surface area contributed by atoms with Gasteiger partial charge in [0.1, 0.15) is 0 Å². The number of benzene rings is 3. The van der Waals surface area contributed by atoms with Gasteiger partial charge in [-0.05, 0) is 48.4 Å². The summed E-state index contributed by atoms with van der Waals surface area (Å²) in [6.07, 6.45) is 0.867. The van der Waals surface area contributed by atoms with Crippen LogP contribution in [0, 0.1) is 0 Å². The topological polar surface area (TPSA) is 86.7 Å². The van der Waals surface area contributed by atoms with Crippen molar-refractivity contribution in [2.75, 3.05) is 22.5 Å². The maximum Gasteiger partial charge on any atom is 0.336 e. The van der Waals surface area contributed by atoms with Crippen LogP contribution in [-0.2, 0) is 11.2 Å². The highest BCUT2D eigenvalue weighted by atomic mass is 32.2. The van der Waals surface area contributed by atoms with Gasteiger partial charge >= 0.3 is 5.97 Å². The van der Waals surface area contributed by atoms with E-state index in [-0.39, 0.29) is 22.8 Å². The van der Waals surface area contributed by atoms with Crippen molar-refractivity contribution in [2.24, 2.45) is 0 Å².